The molecule has 0 fully saturated rings. The summed E-state index contributed by atoms with van der Waals surface area (Å²) >= 11 is 5.72. The van der Waals surface area contributed by atoms with Crippen molar-refractivity contribution >= 4 is 17.5 Å². The van der Waals surface area contributed by atoms with Crippen LogP contribution >= 0.6 is 11.6 Å². The Hall–Kier alpha value is -1.03. The molecule has 0 N–H and O–H groups in total. The van der Waals surface area contributed by atoms with Crippen molar-refractivity contribution in [2.24, 2.45) is 0 Å². The normalized spacial score (nSPS) is 10.8. The maximum Gasteiger partial charge on any atom is 0.276 e. The van der Waals surface area contributed by atoms with Crippen molar-refractivity contribution < 1.29 is 9.32 Å². The second-order valence-electron chi connectivity index (χ2n) is 3.54. The number of alkyl halides is 1. The number of hydrogen-bond acceptors (Lipinski definition) is 3. The Morgan fingerprint density at radius 1 is 1.56 bits per heavy atom. The van der Waals surface area contributed by atoms with Gasteiger partial charge in [0.15, 0.2) is 5.69 Å². The molecule has 0 bridgehead atoms. The number of amides is 1. The molecule has 0 spiro atoms. The van der Waals surface area contributed by atoms with E-state index in [1.54, 1.807) is 11.0 Å². The van der Waals surface area contributed by atoms with Crippen LogP contribution in [-0.4, -0.2) is 34.4 Å². The molecular weight excluding hydrogens is 228 g/mol. The lowest BCUT2D eigenvalue weighted by molar-refractivity contribution is 0.0671. The SMILES string of the molecule is CCC(CC)N(CCCl)C(=O)c1ccon1. The Labute approximate surface area is 101 Å². The van der Waals surface area contributed by atoms with Gasteiger partial charge in [-0.2, -0.15) is 0 Å². The van der Waals surface area contributed by atoms with E-state index in [1.165, 1.54) is 6.26 Å². The van der Waals surface area contributed by atoms with E-state index in [-0.39, 0.29) is 11.9 Å². The van der Waals surface area contributed by atoms with Crippen molar-refractivity contribution in [2.45, 2.75) is 32.7 Å². The lowest BCUT2D eigenvalue weighted by Gasteiger charge is -2.29. The second kappa shape index (κ2) is 6.53. The topological polar surface area (TPSA) is 46.3 Å². The molecule has 1 aromatic rings. The van der Waals surface area contributed by atoms with Crippen LogP contribution in [0.2, 0.25) is 0 Å². The van der Waals surface area contributed by atoms with Gasteiger partial charge in [0.1, 0.15) is 6.26 Å². The van der Waals surface area contributed by atoms with E-state index in [0.29, 0.717) is 18.1 Å². The molecule has 1 amide bonds. The summed E-state index contributed by atoms with van der Waals surface area (Å²) in [4.78, 5) is 13.9. The van der Waals surface area contributed by atoms with Crippen LogP contribution in [0.15, 0.2) is 16.9 Å². The van der Waals surface area contributed by atoms with Crippen LogP contribution in [0, 0.1) is 0 Å². The molecule has 0 atom stereocenters. The molecule has 1 heterocycles. The van der Waals surface area contributed by atoms with E-state index in [9.17, 15) is 4.79 Å². The quantitative estimate of drug-likeness (QED) is 0.723. The Morgan fingerprint density at radius 3 is 2.69 bits per heavy atom. The molecule has 1 rings (SSSR count). The lowest BCUT2D eigenvalue weighted by Crippen LogP contribution is -2.41. The smallest absolute Gasteiger partial charge is 0.276 e. The van der Waals surface area contributed by atoms with E-state index < -0.39 is 0 Å². The number of carbonyl (C=O) groups excluding carboxylic acids is 1. The van der Waals surface area contributed by atoms with Gasteiger partial charge >= 0.3 is 0 Å². The van der Waals surface area contributed by atoms with Crippen LogP contribution in [0.3, 0.4) is 0 Å². The molecule has 5 heteroatoms. The van der Waals surface area contributed by atoms with Crippen LogP contribution in [-0.2, 0) is 0 Å². The molecule has 1 aromatic heterocycles. The molecule has 90 valence electrons. The largest absolute Gasteiger partial charge is 0.364 e. The molecule has 0 unspecified atom stereocenters. The minimum absolute atomic E-state index is 0.108. The molecule has 0 aliphatic carbocycles. The minimum atomic E-state index is -0.108. The van der Waals surface area contributed by atoms with Crippen LogP contribution in [0.1, 0.15) is 37.2 Å². The first kappa shape index (κ1) is 13.0. The van der Waals surface area contributed by atoms with Crippen molar-refractivity contribution in [1.29, 1.82) is 0 Å². The van der Waals surface area contributed by atoms with Crippen molar-refractivity contribution in [3.8, 4) is 0 Å². The number of hydrogen-bond donors (Lipinski definition) is 0. The molecule has 4 nitrogen and oxygen atoms in total. The first-order valence-electron chi connectivity index (χ1n) is 5.51. The first-order valence-corrected chi connectivity index (χ1v) is 6.05. The van der Waals surface area contributed by atoms with Gasteiger partial charge in [0, 0.05) is 24.5 Å². The average Bonchev–Trinajstić information content (AvgIpc) is 2.82. The highest BCUT2D eigenvalue weighted by molar-refractivity contribution is 6.18. The Kier molecular flexibility index (Phi) is 5.32. The van der Waals surface area contributed by atoms with Gasteiger partial charge in [0.25, 0.3) is 5.91 Å². The van der Waals surface area contributed by atoms with Gasteiger partial charge < -0.3 is 9.42 Å². The summed E-state index contributed by atoms with van der Waals surface area (Å²) in [5, 5.41) is 3.66. The minimum Gasteiger partial charge on any atom is -0.364 e. The van der Waals surface area contributed by atoms with Crippen molar-refractivity contribution in [2.75, 3.05) is 12.4 Å². The third kappa shape index (κ3) is 2.98. The highest BCUT2D eigenvalue weighted by atomic mass is 35.5. The van der Waals surface area contributed by atoms with Crippen molar-refractivity contribution in [3.63, 3.8) is 0 Å². The summed E-state index contributed by atoms with van der Waals surface area (Å²) in [6.45, 7) is 4.66. The third-order valence-electron chi connectivity index (χ3n) is 2.63. The highest BCUT2D eigenvalue weighted by Gasteiger charge is 2.23. The number of halogens is 1. The Bertz CT molecular complexity index is 310. The highest BCUT2D eigenvalue weighted by Crippen LogP contribution is 2.12. The summed E-state index contributed by atoms with van der Waals surface area (Å²) in [6.07, 6.45) is 3.23. The average molecular weight is 245 g/mol. The van der Waals surface area contributed by atoms with Gasteiger partial charge in [-0.15, -0.1) is 11.6 Å². The summed E-state index contributed by atoms with van der Waals surface area (Å²) in [6, 6.07) is 1.79. The summed E-state index contributed by atoms with van der Waals surface area (Å²) in [7, 11) is 0. The van der Waals surface area contributed by atoms with E-state index in [4.69, 9.17) is 11.6 Å². The van der Waals surface area contributed by atoms with Crippen LogP contribution in [0.5, 0.6) is 0 Å². The van der Waals surface area contributed by atoms with Gasteiger partial charge in [-0.1, -0.05) is 19.0 Å². The predicted octanol–water partition coefficient (Wildman–Crippen LogP) is 2.54. The number of aromatic nitrogens is 1. The summed E-state index contributed by atoms with van der Waals surface area (Å²) < 4.78 is 4.68. The number of carbonyl (C=O) groups is 1. The van der Waals surface area contributed by atoms with E-state index in [1.807, 2.05) is 0 Å². The van der Waals surface area contributed by atoms with Crippen LogP contribution in [0.4, 0.5) is 0 Å². The summed E-state index contributed by atoms with van der Waals surface area (Å²) in [5.74, 6) is 0.322. The lowest BCUT2D eigenvalue weighted by atomic mass is 10.1. The van der Waals surface area contributed by atoms with Gasteiger partial charge in [-0.25, -0.2) is 0 Å². The van der Waals surface area contributed by atoms with Gasteiger partial charge in [-0.3, -0.25) is 4.79 Å². The fourth-order valence-electron chi connectivity index (χ4n) is 1.74. The zero-order valence-electron chi connectivity index (χ0n) is 9.65. The zero-order chi connectivity index (χ0) is 12.0. The number of nitrogens with zero attached hydrogens (tertiary/aromatic N) is 2. The maximum absolute atomic E-state index is 12.1. The fraction of sp³-hybridized carbons (Fsp3) is 0.636. The van der Waals surface area contributed by atoms with Gasteiger partial charge in [-0.05, 0) is 12.8 Å². The van der Waals surface area contributed by atoms with Crippen molar-refractivity contribution in [1.82, 2.24) is 10.1 Å². The summed E-state index contributed by atoms with van der Waals surface area (Å²) in [5.41, 5.74) is 0.344. The van der Waals surface area contributed by atoms with Crippen LogP contribution < -0.4 is 0 Å². The van der Waals surface area contributed by atoms with Gasteiger partial charge in [0.2, 0.25) is 0 Å². The molecule has 0 aliphatic heterocycles. The molecule has 16 heavy (non-hydrogen) atoms. The zero-order valence-corrected chi connectivity index (χ0v) is 10.4. The number of rotatable bonds is 6. The van der Waals surface area contributed by atoms with E-state index in [0.717, 1.165) is 12.8 Å². The van der Waals surface area contributed by atoms with Crippen molar-refractivity contribution in [3.05, 3.63) is 18.0 Å². The predicted molar refractivity (Wildman–Crippen MR) is 62.6 cm³/mol. The molecule has 0 saturated heterocycles. The Morgan fingerprint density at radius 2 is 2.25 bits per heavy atom. The third-order valence-corrected chi connectivity index (χ3v) is 2.80. The first-order chi connectivity index (χ1) is 7.74. The monoisotopic (exact) mass is 244 g/mol. The van der Waals surface area contributed by atoms with E-state index >= 15 is 0 Å². The second-order valence-corrected chi connectivity index (χ2v) is 3.92. The van der Waals surface area contributed by atoms with Gasteiger partial charge in [0.05, 0.1) is 0 Å². The van der Waals surface area contributed by atoms with Crippen LogP contribution in [0.25, 0.3) is 0 Å². The molecule has 0 aliphatic rings. The standard InChI is InChI=1S/C11H17ClN2O2/c1-3-9(4-2)14(7-6-12)11(15)10-5-8-16-13-10/h5,8-9H,3-4,6-7H2,1-2H3. The fourth-order valence-corrected chi connectivity index (χ4v) is 1.92. The molecule has 0 aromatic carbocycles. The molecular formula is C11H17ClN2O2. The molecule has 0 saturated carbocycles. The molecule has 0 radical (unpaired) electrons. The Balaban J connectivity index is 2.80. The maximum atomic E-state index is 12.1. The van der Waals surface area contributed by atoms with E-state index in [2.05, 4.69) is 23.5 Å².